The Balaban J connectivity index is 4.22. The van der Waals surface area contributed by atoms with Crippen molar-refractivity contribution in [2.24, 2.45) is 0 Å². The first-order chi connectivity index (χ1) is 40.5. The minimum atomic E-state index is -0.774. The molecule has 0 aromatic carbocycles. The molecule has 0 fully saturated rings. The summed E-state index contributed by atoms with van der Waals surface area (Å²) < 4.78 is 17.0. The highest BCUT2D eigenvalue weighted by Crippen LogP contribution is 2.18. The summed E-state index contributed by atoms with van der Waals surface area (Å²) in [6.45, 7) is 6.69. The molecule has 0 aliphatic carbocycles. The van der Waals surface area contributed by atoms with E-state index >= 15 is 0 Å². The van der Waals surface area contributed by atoms with Crippen LogP contribution in [0.4, 0.5) is 0 Å². The second-order valence-corrected chi connectivity index (χ2v) is 24.9. The van der Waals surface area contributed by atoms with Gasteiger partial charge in [0.15, 0.2) is 6.10 Å². The van der Waals surface area contributed by atoms with Crippen LogP contribution in [-0.4, -0.2) is 37.2 Å². The van der Waals surface area contributed by atoms with Gasteiger partial charge in [-0.1, -0.05) is 345 Å². The Labute approximate surface area is 511 Å². The summed E-state index contributed by atoms with van der Waals surface area (Å²) in [6, 6.07) is 0. The third-order valence-electron chi connectivity index (χ3n) is 16.6. The Bertz CT molecular complexity index is 1410. The highest BCUT2D eigenvalue weighted by Gasteiger charge is 2.19. The van der Waals surface area contributed by atoms with E-state index in [1.807, 2.05) is 0 Å². The van der Waals surface area contributed by atoms with Crippen LogP contribution in [0.1, 0.15) is 400 Å². The number of unbranched alkanes of at least 4 members (excludes halogenated alkanes) is 49. The maximum atomic E-state index is 13.0. The van der Waals surface area contributed by atoms with Crippen molar-refractivity contribution >= 4 is 17.9 Å². The van der Waals surface area contributed by atoms with Gasteiger partial charge in [0.2, 0.25) is 0 Å². The maximum Gasteiger partial charge on any atom is 0.306 e. The predicted octanol–water partition coefficient (Wildman–Crippen LogP) is 25.3. The fourth-order valence-electron chi connectivity index (χ4n) is 11.0. The molecule has 6 heteroatoms. The van der Waals surface area contributed by atoms with E-state index in [9.17, 15) is 14.4 Å². The van der Waals surface area contributed by atoms with Crippen LogP contribution in [-0.2, 0) is 28.6 Å². The van der Waals surface area contributed by atoms with Crippen LogP contribution in [0.25, 0.3) is 0 Å². The molecule has 480 valence electrons. The van der Waals surface area contributed by atoms with Crippen LogP contribution in [0.15, 0.2) is 48.6 Å². The molecule has 82 heavy (non-hydrogen) atoms. The summed E-state index contributed by atoms with van der Waals surface area (Å²) >= 11 is 0. The molecule has 1 atom stereocenters. The van der Waals surface area contributed by atoms with Crippen molar-refractivity contribution in [2.45, 2.75) is 406 Å². The zero-order valence-electron chi connectivity index (χ0n) is 55.3. The van der Waals surface area contributed by atoms with Crippen LogP contribution >= 0.6 is 0 Å². The van der Waals surface area contributed by atoms with Crippen molar-refractivity contribution < 1.29 is 28.6 Å². The van der Waals surface area contributed by atoms with Crippen LogP contribution in [0.5, 0.6) is 0 Å². The summed E-state index contributed by atoms with van der Waals surface area (Å²) in [5.74, 6) is -0.844. The Morgan fingerprint density at radius 2 is 0.439 bits per heavy atom. The molecule has 0 amide bonds. The van der Waals surface area contributed by atoms with E-state index in [0.717, 1.165) is 70.6 Å². The molecule has 0 N–H and O–H groups in total. The molecule has 0 aliphatic heterocycles. The highest BCUT2D eigenvalue weighted by atomic mass is 16.6. The Morgan fingerprint density at radius 1 is 0.244 bits per heavy atom. The number of ether oxygens (including phenoxy) is 3. The first-order valence-corrected chi connectivity index (χ1v) is 36.6. The normalized spacial score (nSPS) is 12.3. The van der Waals surface area contributed by atoms with Crippen LogP contribution < -0.4 is 0 Å². The van der Waals surface area contributed by atoms with E-state index in [4.69, 9.17) is 14.2 Å². The van der Waals surface area contributed by atoms with E-state index < -0.39 is 6.10 Å². The maximum absolute atomic E-state index is 13.0. The lowest BCUT2D eigenvalue weighted by Crippen LogP contribution is -2.30. The van der Waals surface area contributed by atoms with E-state index in [2.05, 4.69) is 69.4 Å². The summed E-state index contributed by atoms with van der Waals surface area (Å²) in [5, 5.41) is 0. The average molecular weight is 1150 g/mol. The molecular formula is C76H140O6. The van der Waals surface area contributed by atoms with Crippen LogP contribution in [0.3, 0.4) is 0 Å². The van der Waals surface area contributed by atoms with Gasteiger partial charge in [-0.2, -0.15) is 0 Å². The molecule has 0 rings (SSSR count). The lowest BCUT2D eigenvalue weighted by molar-refractivity contribution is -0.167. The van der Waals surface area contributed by atoms with Crippen LogP contribution in [0, 0.1) is 0 Å². The van der Waals surface area contributed by atoms with Gasteiger partial charge < -0.3 is 14.2 Å². The van der Waals surface area contributed by atoms with Gasteiger partial charge in [-0.3, -0.25) is 14.4 Å². The van der Waals surface area contributed by atoms with Crippen LogP contribution in [0.2, 0.25) is 0 Å². The SMILES string of the molecule is CCCCCCC/C=C\C/C=C\CCCCCCCCCCCCCCCCCCCC(=O)OCC(COC(=O)CCCCCCCCCCCCCCCC)OC(=O)CCCCCCCCCCC/C=C\C/C=C\CCCCCCC. The molecule has 1 unspecified atom stereocenters. The summed E-state index contributed by atoms with van der Waals surface area (Å²) in [7, 11) is 0. The predicted molar refractivity (Wildman–Crippen MR) is 358 cm³/mol. The van der Waals surface area contributed by atoms with Crippen molar-refractivity contribution in [3.05, 3.63) is 48.6 Å². The largest absolute Gasteiger partial charge is 0.462 e. The summed E-state index contributed by atoms with van der Waals surface area (Å²) in [4.78, 5) is 38.5. The van der Waals surface area contributed by atoms with Crippen molar-refractivity contribution in [2.75, 3.05) is 13.2 Å². The molecule has 6 nitrogen and oxygen atoms in total. The smallest absolute Gasteiger partial charge is 0.306 e. The van der Waals surface area contributed by atoms with Gasteiger partial charge in [-0.25, -0.2) is 0 Å². The van der Waals surface area contributed by atoms with Gasteiger partial charge in [0.1, 0.15) is 13.2 Å². The van der Waals surface area contributed by atoms with Gasteiger partial charge >= 0.3 is 17.9 Å². The molecule has 0 bridgehead atoms. The quantitative estimate of drug-likeness (QED) is 0.0261. The lowest BCUT2D eigenvalue weighted by Gasteiger charge is -2.18. The monoisotopic (exact) mass is 1150 g/mol. The third kappa shape index (κ3) is 68.2. The molecule has 0 aromatic heterocycles. The second kappa shape index (κ2) is 70.9. The fourth-order valence-corrected chi connectivity index (χ4v) is 11.0. The van der Waals surface area contributed by atoms with Gasteiger partial charge in [-0.05, 0) is 83.5 Å². The minimum absolute atomic E-state index is 0.0692. The molecule has 0 spiro atoms. The molecule has 0 saturated heterocycles. The summed E-state index contributed by atoms with van der Waals surface area (Å²) in [5.41, 5.74) is 0. The molecular weight excluding hydrogens is 1010 g/mol. The number of allylic oxidation sites excluding steroid dienone is 8. The van der Waals surface area contributed by atoms with Crippen molar-refractivity contribution in [3.63, 3.8) is 0 Å². The van der Waals surface area contributed by atoms with E-state index in [0.29, 0.717) is 19.3 Å². The van der Waals surface area contributed by atoms with Gasteiger partial charge in [0.25, 0.3) is 0 Å². The number of hydrogen-bond donors (Lipinski definition) is 0. The van der Waals surface area contributed by atoms with Crippen molar-refractivity contribution in [1.29, 1.82) is 0 Å². The number of hydrogen-bond acceptors (Lipinski definition) is 6. The first-order valence-electron chi connectivity index (χ1n) is 36.6. The zero-order valence-corrected chi connectivity index (χ0v) is 55.3. The standard InChI is InChI=1S/C76H140O6/c1-4-7-10-13-16-19-22-25-28-30-32-34-35-36-37-38-39-40-41-43-44-46-48-51-54-57-60-63-66-69-75(78)81-72-73(71-80-74(77)68-65-62-59-56-53-50-27-24-21-18-15-12-9-6-3)82-76(79)70-67-64-61-58-55-52-49-47-45-42-33-31-29-26-23-20-17-14-11-8-5-2/h22-23,25-26,30-33,73H,4-21,24,27-29,34-72H2,1-3H3/b25-22-,26-23-,32-30-,33-31-. The minimum Gasteiger partial charge on any atom is -0.462 e. The van der Waals surface area contributed by atoms with Gasteiger partial charge in [0.05, 0.1) is 0 Å². The molecule has 0 radical (unpaired) electrons. The molecule has 0 heterocycles. The first kappa shape index (κ1) is 79.4. The fraction of sp³-hybridized carbons (Fsp3) is 0.855. The third-order valence-corrected chi connectivity index (χ3v) is 16.6. The Hall–Kier alpha value is -2.63. The number of rotatable bonds is 68. The Morgan fingerprint density at radius 3 is 0.671 bits per heavy atom. The average Bonchev–Trinajstić information content (AvgIpc) is 3.47. The van der Waals surface area contributed by atoms with E-state index in [-0.39, 0.29) is 31.1 Å². The second-order valence-electron chi connectivity index (χ2n) is 24.9. The Kier molecular flexibility index (Phi) is 68.6. The molecule has 0 aliphatic rings. The summed E-state index contributed by atoms with van der Waals surface area (Å²) in [6.07, 6.45) is 90.0. The van der Waals surface area contributed by atoms with Gasteiger partial charge in [0, 0.05) is 19.3 Å². The number of esters is 3. The highest BCUT2D eigenvalue weighted by molar-refractivity contribution is 5.71. The molecule has 0 saturated carbocycles. The van der Waals surface area contributed by atoms with Crippen molar-refractivity contribution in [3.8, 4) is 0 Å². The van der Waals surface area contributed by atoms with Gasteiger partial charge in [-0.15, -0.1) is 0 Å². The number of carbonyl (C=O) groups is 3. The lowest BCUT2D eigenvalue weighted by atomic mass is 10.0. The topological polar surface area (TPSA) is 78.9 Å². The molecule has 0 aromatic rings. The number of carbonyl (C=O) groups excluding carboxylic acids is 3. The van der Waals surface area contributed by atoms with E-state index in [1.54, 1.807) is 0 Å². The van der Waals surface area contributed by atoms with Crippen molar-refractivity contribution in [1.82, 2.24) is 0 Å². The zero-order chi connectivity index (χ0) is 59.2. The van der Waals surface area contributed by atoms with E-state index in [1.165, 1.54) is 289 Å².